The molecule has 0 atom stereocenters. The van der Waals surface area contributed by atoms with E-state index in [-0.39, 0.29) is 0 Å². The van der Waals surface area contributed by atoms with Crippen LogP contribution in [0.5, 0.6) is 11.5 Å². The predicted octanol–water partition coefficient (Wildman–Crippen LogP) is 2.92. The molecule has 4 nitrogen and oxygen atoms in total. The Bertz CT molecular complexity index is 567. The van der Waals surface area contributed by atoms with E-state index in [4.69, 9.17) is 15.2 Å². The lowest BCUT2D eigenvalue weighted by Crippen LogP contribution is -2.17. The van der Waals surface area contributed by atoms with E-state index in [0.29, 0.717) is 0 Å². The first-order valence-corrected chi connectivity index (χ1v) is 6.41. The Morgan fingerprint density at radius 1 is 1.00 bits per heavy atom. The van der Waals surface area contributed by atoms with Gasteiger partial charge in [-0.05, 0) is 29.8 Å². The van der Waals surface area contributed by atoms with Gasteiger partial charge in [-0.2, -0.15) is 0 Å². The van der Waals surface area contributed by atoms with Crippen LogP contribution in [0.3, 0.4) is 0 Å². The number of hydrogen-bond acceptors (Lipinski definition) is 4. The van der Waals surface area contributed by atoms with Crippen molar-refractivity contribution in [3.63, 3.8) is 0 Å². The molecule has 0 radical (unpaired) electrons. The van der Waals surface area contributed by atoms with Crippen LogP contribution in [0.4, 0.5) is 11.4 Å². The summed E-state index contributed by atoms with van der Waals surface area (Å²) in [5.41, 5.74) is 8.69. The summed E-state index contributed by atoms with van der Waals surface area (Å²) in [6, 6.07) is 13.7. The van der Waals surface area contributed by atoms with Gasteiger partial charge in [0.15, 0.2) is 0 Å². The predicted molar refractivity (Wildman–Crippen MR) is 82.5 cm³/mol. The maximum Gasteiger partial charge on any atom is 0.145 e. The maximum absolute atomic E-state index is 5.70. The van der Waals surface area contributed by atoms with E-state index in [2.05, 4.69) is 4.90 Å². The number of anilines is 2. The summed E-state index contributed by atoms with van der Waals surface area (Å²) >= 11 is 0. The molecular formula is C16H20N2O2. The fraction of sp³-hybridized carbons (Fsp3) is 0.250. The normalized spacial score (nSPS) is 10.2. The number of nitrogen functional groups attached to an aromatic ring is 1. The molecule has 0 aliphatic rings. The van der Waals surface area contributed by atoms with Gasteiger partial charge in [-0.25, -0.2) is 0 Å². The molecule has 0 unspecified atom stereocenters. The molecule has 4 heteroatoms. The molecule has 0 heterocycles. The second-order valence-corrected chi connectivity index (χ2v) is 4.64. The zero-order valence-electron chi connectivity index (χ0n) is 12.1. The summed E-state index contributed by atoms with van der Waals surface area (Å²) in [6.07, 6.45) is 0. The number of rotatable bonds is 5. The van der Waals surface area contributed by atoms with E-state index in [1.54, 1.807) is 14.2 Å². The van der Waals surface area contributed by atoms with Gasteiger partial charge in [0.25, 0.3) is 0 Å². The van der Waals surface area contributed by atoms with E-state index in [9.17, 15) is 0 Å². The monoisotopic (exact) mass is 272 g/mol. The van der Waals surface area contributed by atoms with Crippen LogP contribution in [-0.4, -0.2) is 21.3 Å². The van der Waals surface area contributed by atoms with E-state index in [0.717, 1.165) is 29.4 Å². The minimum absolute atomic E-state index is 0.776. The van der Waals surface area contributed by atoms with Crippen molar-refractivity contribution >= 4 is 11.4 Å². The molecule has 0 aliphatic carbocycles. The number of nitrogens with two attached hydrogens (primary N) is 1. The molecule has 2 N–H and O–H groups in total. The average molecular weight is 272 g/mol. The Balaban J connectivity index is 2.20. The smallest absolute Gasteiger partial charge is 0.145 e. The fourth-order valence-electron chi connectivity index (χ4n) is 2.08. The highest BCUT2D eigenvalue weighted by atomic mass is 16.5. The molecule has 0 aliphatic heterocycles. The number of methoxy groups -OCH3 is 2. The lowest BCUT2D eigenvalue weighted by Gasteiger charge is -2.22. The standard InChI is InChI=1S/C16H20N2O2/c1-18(11-12-4-6-13(17)7-5-12)15-9-8-14(19-2)10-16(15)20-3/h4-10H,11,17H2,1-3H3. The topological polar surface area (TPSA) is 47.7 Å². The zero-order valence-corrected chi connectivity index (χ0v) is 12.1. The van der Waals surface area contributed by atoms with Crippen molar-refractivity contribution in [2.45, 2.75) is 6.54 Å². The van der Waals surface area contributed by atoms with E-state index in [1.807, 2.05) is 49.5 Å². The van der Waals surface area contributed by atoms with Gasteiger partial charge in [-0.3, -0.25) is 0 Å². The molecule has 0 spiro atoms. The van der Waals surface area contributed by atoms with Gasteiger partial charge < -0.3 is 20.1 Å². The van der Waals surface area contributed by atoms with Gasteiger partial charge >= 0.3 is 0 Å². The molecule has 106 valence electrons. The highest BCUT2D eigenvalue weighted by molar-refractivity contribution is 5.61. The molecule has 0 saturated carbocycles. The first-order chi connectivity index (χ1) is 9.63. The molecule has 20 heavy (non-hydrogen) atoms. The summed E-state index contributed by atoms with van der Waals surface area (Å²) < 4.78 is 10.6. The highest BCUT2D eigenvalue weighted by Crippen LogP contribution is 2.32. The Kier molecular flexibility index (Phi) is 4.35. The van der Waals surface area contributed by atoms with Gasteiger partial charge in [0.2, 0.25) is 0 Å². The molecular weight excluding hydrogens is 252 g/mol. The van der Waals surface area contributed by atoms with Crippen molar-refractivity contribution < 1.29 is 9.47 Å². The van der Waals surface area contributed by atoms with Crippen LogP contribution in [0.1, 0.15) is 5.56 Å². The number of benzene rings is 2. The number of ether oxygens (including phenoxy) is 2. The summed E-state index contributed by atoms with van der Waals surface area (Å²) in [6.45, 7) is 0.781. The van der Waals surface area contributed by atoms with Gasteiger partial charge in [0.05, 0.1) is 19.9 Å². The third-order valence-corrected chi connectivity index (χ3v) is 3.20. The maximum atomic E-state index is 5.70. The van der Waals surface area contributed by atoms with E-state index in [1.165, 1.54) is 5.56 Å². The minimum Gasteiger partial charge on any atom is -0.497 e. The quantitative estimate of drug-likeness (QED) is 0.850. The van der Waals surface area contributed by atoms with Crippen LogP contribution in [0.25, 0.3) is 0 Å². The Hall–Kier alpha value is -2.36. The lowest BCUT2D eigenvalue weighted by molar-refractivity contribution is 0.394. The molecule has 0 fully saturated rings. The third kappa shape index (κ3) is 3.15. The van der Waals surface area contributed by atoms with Crippen LogP contribution in [0.15, 0.2) is 42.5 Å². The first kappa shape index (κ1) is 14.1. The van der Waals surface area contributed by atoms with Crippen molar-refractivity contribution in [3.05, 3.63) is 48.0 Å². The second-order valence-electron chi connectivity index (χ2n) is 4.64. The largest absolute Gasteiger partial charge is 0.497 e. The molecule has 0 amide bonds. The van der Waals surface area contributed by atoms with Crippen LogP contribution >= 0.6 is 0 Å². The molecule has 0 saturated heterocycles. The molecule has 2 aromatic rings. The van der Waals surface area contributed by atoms with Crippen LogP contribution in [0, 0.1) is 0 Å². The Labute approximate surface area is 119 Å². The second kappa shape index (κ2) is 6.19. The van der Waals surface area contributed by atoms with Gasteiger partial charge in [-0.15, -0.1) is 0 Å². The molecule has 2 rings (SSSR count). The van der Waals surface area contributed by atoms with Gasteiger partial charge in [-0.1, -0.05) is 12.1 Å². The molecule has 0 bridgehead atoms. The summed E-state index contributed by atoms with van der Waals surface area (Å²) in [5, 5.41) is 0. The Morgan fingerprint density at radius 3 is 2.30 bits per heavy atom. The lowest BCUT2D eigenvalue weighted by atomic mass is 10.2. The zero-order chi connectivity index (χ0) is 14.5. The molecule has 2 aromatic carbocycles. The third-order valence-electron chi connectivity index (χ3n) is 3.20. The van der Waals surface area contributed by atoms with Crippen molar-refractivity contribution in [1.82, 2.24) is 0 Å². The van der Waals surface area contributed by atoms with Crippen LogP contribution in [-0.2, 0) is 6.54 Å². The summed E-state index contributed by atoms with van der Waals surface area (Å²) in [5.74, 6) is 1.58. The number of nitrogens with zero attached hydrogens (tertiary/aromatic N) is 1. The van der Waals surface area contributed by atoms with Crippen molar-refractivity contribution in [2.24, 2.45) is 0 Å². The highest BCUT2D eigenvalue weighted by Gasteiger charge is 2.10. The van der Waals surface area contributed by atoms with Crippen molar-refractivity contribution in [2.75, 3.05) is 31.9 Å². The Morgan fingerprint density at radius 2 is 1.70 bits per heavy atom. The van der Waals surface area contributed by atoms with Crippen molar-refractivity contribution in [1.29, 1.82) is 0 Å². The van der Waals surface area contributed by atoms with Crippen LogP contribution < -0.4 is 20.1 Å². The number of hydrogen-bond donors (Lipinski definition) is 1. The SMILES string of the molecule is COc1ccc(N(C)Cc2ccc(N)cc2)c(OC)c1. The fourth-order valence-corrected chi connectivity index (χ4v) is 2.08. The van der Waals surface area contributed by atoms with E-state index < -0.39 is 0 Å². The van der Waals surface area contributed by atoms with Gasteiger partial charge in [0, 0.05) is 25.3 Å². The van der Waals surface area contributed by atoms with E-state index >= 15 is 0 Å². The first-order valence-electron chi connectivity index (χ1n) is 6.41. The minimum atomic E-state index is 0.776. The summed E-state index contributed by atoms with van der Waals surface area (Å²) in [4.78, 5) is 2.13. The summed E-state index contributed by atoms with van der Waals surface area (Å²) in [7, 11) is 5.34. The average Bonchev–Trinajstić information content (AvgIpc) is 2.48. The van der Waals surface area contributed by atoms with Crippen molar-refractivity contribution in [3.8, 4) is 11.5 Å². The molecule has 0 aromatic heterocycles. The van der Waals surface area contributed by atoms with Crippen LogP contribution in [0.2, 0.25) is 0 Å². The van der Waals surface area contributed by atoms with Gasteiger partial charge in [0.1, 0.15) is 11.5 Å².